The second-order valence-electron chi connectivity index (χ2n) is 5.46. The Morgan fingerprint density at radius 3 is 2.78 bits per heavy atom. The molecule has 0 amide bonds. The second-order valence-corrected chi connectivity index (χ2v) is 5.46. The van der Waals surface area contributed by atoms with Crippen molar-refractivity contribution in [3.63, 3.8) is 0 Å². The molecule has 2 heteroatoms. The van der Waals surface area contributed by atoms with Gasteiger partial charge in [-0.2, -0.15) is 0 Å². The third-order valence-corrected chi connectivity index (χ3v) is 3.79. The van der Waals surface area contributed by atoms with Gasteiger partial charge in [0.25, 0.3) is 0 Å². The molecular formula is C16H23NO. The van der Waals surface area contributed by atoms with E-state index in [9.17, 15) is 4.79 Å². The molecule has 0 aromatic heterocycles. The summed E-state index contributed by atoms with van der Waals surface area (Å²) >= 11 is 0. The van der Waals surface area contributed by atoms with Gasteiger partial charge in [0, 0.05) is 19.5 Å². The minimum absolute atomic E-state index is 0.277. The molecule has 0 saturated heterocycles. The molecule has 0 radical (unpaired) electrons. The van der Waals surface area contributed by atoms with Crippen LogP contribution in [0, 0.1) is 0 Å². The lowest BCUT2D eigenvalue weighted by Gasteiger charge is -2.15. The first-order valence-corrected chi connectivity index (χ1v) is 6.94. The van der Waals surface area contributed by atoms with Gasteiger partial charge in [0.05, 0.1) is 0 Å². The number of carbonyl (C=O) groups excluding carboxylic acids is 1. The molecule has 1 aromatic carbocycles. The Morgan fingerprint density at radius 1 is 1.22 bits per heavy atom. The highest BCUT2D eigenvalue weighted by molar-refractivity contribution is 5.75. The van der Waals surface area contributed by atoms with Crippen LogP contribution in [-0.4, -0.2) is 30.8 Å². The normalized spacial score (nSPS) is 13.9. The minimum atomic E-state index is 0.277. The summed E-state index contributed by atoms with van der Waals surface area (Å²) < 4.78 is 0. The van der Waals surface area contributed by atoms with Crippen LogP contribution in [0.25, 0.3) is 0 Å². The Bertz CT molecular complexity index is 425. The van der Waals surface area contributed by atoms with Crippen molar-refractivity contribution >= 4 is 5.78 Å². The summed E-state index contributed by atoms with van der Waals surface area (Å²) in [5.41, 5.74) is 4.54. The van der Waals surface area contributed by atoms with Crippen molar-refractivity contribution < 1.29 is 4.79 Å². The van der Waals surface area contributed by atoms with Crippen molar-refractivity contribution in [1.29, 1.82) is 0 Å². The van der Waals surface area contributed by atoms with E-state index in [0.717, 1.165) is 19.5 Å². The topological polar surface area (TPSA) is 20.3 Å². The molecule has 2 nitrogen and oxygen atoms in total. The summed E-state index contributed by atoms with van der Waals surface area (Å²) in [6, 6.07) is 6.94. The van der Waals surface area contributed by atoms with Gasteiger partial charge >= 0.3 is 0 Å². The summed E-state index contributed by atoms with van der Waals surface area (Å²) in [4.78, 5) is 13.2. The van der Waals surface area contributed by atoms with Crippen LogP contribution in [0.2, 0.25) is 0 Å². The van der Waals surface area contributed by atoms with Crippen LogP contribution >= 0.6 is 0 Å². The van der Waals surface area contributed by atoms with Crippen LogP contribution < -0.4 is 0 Å². The van der Waals surface area contributed by atoms with Gasteiger partial charge in [0.2, 0.25) is 0 Å². The van der Waals surface area contributed by atoms with E-state index in [4.69, 9.17) is 0 Å². The molecule has 0 saturated carbocycles. The van der Waals surface area contributed by atoms with Gasteiger partial charge in [0.15, 0.2) is 0 Å². The first-order chi connectivity index (χ1) is 8.65. The molecule has 98 valence electrons. The molecule has 0 fully saturated rings. The third-order valence-electron chi connectivity index (χ3n) is 3.79. The number of Topliss-reactive ketones (excluding diaryl/α,β-unsaturated/α-hetero) is 1. The van der Waals surface area contributed by atoms with E-state index >= 15 is 0 Å². The highest BCUT2D eigenvalue weighted by Crippen LogP contribution is 2.22. The monoisotopic (exact) mass is 245 g/mol. The number of carbonyl (C=O) groups is 1. The Morgan fingerprint density at radius 2 is 2.00 bits per heavy atom. The molecule has 0 unspecified atom stereocenters. The SMILES string of the molecule is CC(=O)CCN(C)CCc1ccc2c(c1)CCC2. The fourth-order valence-electron chi connectivity index (χ4n) is 2.56. The summed E-state index contributed by atoms with van der Waals surface area (Å²) in [5.74, 6) is 0.277. The van der Waals surface area contributed by atoms with E-state index < -0.39 is 0 Å². The Labute approximate surface area is 110 Å². The van der Waals surface area contributed by atoms with Crippen molar-refractivity contribution in [3.05, 3.63) is 34.9 Å². The van der Waals surface area contributed by atoms with E-state index in [-0.39, 0.29) is 5.78 Å². The van der Waals surface area contributed by atoms with Gasteiger partial charge in [-0.1, -0.05) is 18.2 Å². The van der Waals surface area contributed by atoms with Crippen LogP contribution in [-0.2, 0) is 24.1 Å². The molecule has 0 aliphatic heterocycles. The molecule has 2 rings (SSSR count). The van der Waals surface area contributed by atoms with Crippen molar-refractivity contribution in [2.24, 2.45) is 0 Å². The number of hydrogen-bond donors (Lipinski definition) is 0. The van der Waals surface area contributed by atoms with E-state index in [1.165, 1.54) is 24.8 Å². The van der Waals surface area contributed by atoms with Gasteiger partial charge in [-0.15, -0.1) is 0 Å². The van der Waals surface area contributed by atoms with E-state index in [0.29, 0.717) is 6.42 Å². The van der Waals surface area contributed by atoms with Gasteiger partial charge in [0.1, 0.15) is 5.78 Å². The highest BCUT2D eigenvalue weighted by Gasteiger charge is 2.10. The molecule has 0 N–H and O–H groups in total. The van der Waals surface area contributed by atoms with E-state index in [1.54, 1.807) is 18.1 Å². The number of hydrogen-bond acceptors (Lipinski definition) is 2. The first kappa shape index (κ1) is 13.3. The molecular weight excluding hydrogens is 222 g/mol. The van der Waals surface area contributed by atoms with Gasteiger partial charge in [-0.25, -0.2) is 0 Å². The predicted molar refractivity (Wildman–Crippen MR) is 75.0 cm³/mol. The van der Waals surface area contributed by atoms with Crippen molar-refractivity contribution in [2.75, 3.05) is 20.1 Å². The number of benzene rings is 1. The molecule has 1 aliphatic carbocycles. The zero-order chi connectivity index (χ0) is 13.0. The molecule has 0 spiro atoms. The Balaban J connectivity index is 1.81. The first-order valence-electron chi connectivity index (χ1n) is 6.94. The lowest BCUT2D eigenvalue weighted by atomic mass is 10.0. The fourth-order valence-corrected chi connectivity index (χ4v) is 2.56. The predicted octanol–water partition coefficient (Wildman–Crippen LogP) is 2.63. The van der Waals surface area contributed by atoms with Crippen LogP contribution in [0.15, 0.2) is 18.2 Å². The van der Waals surface area contributed by atoms with Crippen LogP contribution in [0.4, 0.5) is 0 Å². The van der Waals surface area contributed by atoms with Crippen molar-refractivity contribution in [2.45, 2.75) is 39.0 Å². The highest BCUT2D eigenvalue weighted by atomic mass is 16.1. The molecule has 0 heterocycles. The Hall–Kier alpha value is -1.15. The van der Waals surface area contributed by atoms with Gasteiger partial charge in [-0.05, 0) is 56.3 Å². The zero-order valence-electron chi connectivity index (χ0n) is 11.5. The molecule has 1 aliphatic rings. The summed E-state index contributed by atoms with van der Waals surface area (Å²) in [5, 5.41) is 0. The van der Waals surface area contributed by atoms with Crippen molar-refractivity contribution in [1.82, 2.24) is 4.90 Å². The van der Waals surface area contributed by atoms with Crippen LogP contribution in [0.1, 0.15) is 36.5 Å². The molecule has 0 atom stereocenters. The number of fused-ring (bicyclic) bond motifs is 1. The smallest absolute Gasteiger partial charge is 0.131 e. The minimum Gasteiger partial charge on any atom is -0.306 e. The zero-order valence-corrected chi connectivity index (χ0v) is 11.5. The number of rotatable bonds is 6. The second kappa shape index (κ2) is 6.14. The average Bonchev–Trinajstić information content (AvgIpc) is 2.81. The standard InChI is InChI=1S/C16H23NO/c1-13(18)8-10-17(2)11-9-14-6-7-15-4-3-5-16(15)12-14/h6-7,12H,3-5,8-11H2,1-2H3. The van der Waals surface area contributed by atoms with Crippen LogP contribution in [0.5, 0.6) is 0 Å². The van der Waals surface area contributed by atoms with E-state index in [1.807, 2.05) is 0 Å². The summed E-state index contributed by atoms with van der Waals surface area (Å²) in [7, 11) is 2.09. The molecule has 18 heavy (non-hydrogen) atoms. The molecule has 0 bridgehead atoms. The number of aryl methyl sites for hydroxylation is 2. The van der Waals surface area contributed by atoms with Crippen molar-refractivity contribution in [3.8, 4) is 0 Å². The third kappa shape index (κ3) is 3.67. The number of nitrogens with zero attached hydrogens (tertiary/aromatic N) is 1. The lowest BCUT2D eigenvalue weighted by molar-refractivity contribution is -0.117. The summed E-state index contributed by atoms with van der Waals surface area (Å²) in [6.07, 6.45) is 5.58. The Kier molecular flexibility index (Phi) is 4.54. The maximum Gasteiger partial charge on any atom is 0.131 e. The number of likely N-dealkylation sites (N-methyl/N-ethyl adjacent to an activating group) is 1. The maximum atomic E-state index is 10.9. The quantitative estimate of drug-likeness (QED) is 0.768. The maximum absolute atomic E-state index is 10.9. The molecule has 1 aromatic rings. The largest absolute Gasteiger partial charge is 0.306 e. The average molecular weight is 245 g/mol. The number of ketones is 1. The van der Waals surface area contributed by atoms with Crippen LogP contribution in [0.3, 0.4) is 0 Å². The van der Waals surface area contributed by atoms with Gasteiger partial charge < -0.3 is 4.90 Å². The fraction of sp³-hybridized carbons (Fsp3) is 0.562. The van der Waals surface area contributed by atoms with E-state index in [2.05, 4.69) is 30.1 Å². The lowest BCUT2D eigenvalue weighted by Crippen LogP contribution is -2.23. The van der Waals surface area contributed by atoms with Gasteiger partial charge in [-0.3, -0.25) is 4.79 Å². The summed E-state index contributed by atoms with van der Waals surface area (Å²) in [6.45, 7) is 3.57.